The molecular formula is C14H12F3N3O3S. The zero-order chi connectivity index (χ0) is 17.5. The Kier molecular flexibility index (Phi) is 4.08. The van der Waals surface area contributed by atoms with E-state index in [1.807, 2.05) is 0 Å². The third-order valence-electron chi connectivity index (χ3n) is 3.83. The van der Waals surface area contributed by atoms with Crippen LogP contribution in [0.3, 0.4) is 0 Å². The Bertz CT molecular complexity index is 855. The fraction of sp³-hybridized carbons (Fsp3) is 0.357. The molecule has 24 heavy (non-hydrogen) atoms. The number of thiophene rings is 1. The zero-order valence-corrected chi connectivity index (χ0v) is 13.0. The number of likely N-dealkylation sites (tertiary alicyclic amines) is 1. The highest BCUT2D eigenvalue weighted by Crippen LogP contribution is 2.34. The van der Waals surface area contributed by atoms with Gasteiger partial charge in [-0.3, -0.25) is 14.6 Å². The van der Waals surface area contributed by atoms with Crippen molar-refractivity contribution in [1.82, 2.24) is 14.9 Å². The highest BCUT2D eigenvalue weighted by atomic mass is 32.1. The number of amides is 1. The molecule has 0 saturated carbocycles. The van der Waals surface area contributed by atoms with Gasteiger partial charge in [0.1, 0.15) is 0 Å². The quantitative estimate of drug-likeness (QED) is 0.857. The minimum atomic E-state index is -4.48. The number of hydrogen-bond donors (Lipinski definition) is 2. The van der Waals surface area contributed by atoms with Crippen LogP contribution in [-0.4, -0.2) is 33.9 Å². The minimum absolute atomic E-state index is 0.0161. The van der Waals surface area contributed by atoms with E-state index in [2.05, 4.69) is 9.97 Å². The minimum Gasteiger partial charge on any atom is -0.337 e. The van der Waals surface area contributed by atoms with Gasteiger partial charge in [-0.15, -0.1) is 11.3 Å². The third kappa shape index (κ3) is 3.28. The second-order valence-corrected chi connectivity index (χ2v) is 6.39. The first-order valence-electron chi connectivity index (χ1n) is 7.02. The van der Waals surface area contributed by atoms with Gasteiger partial charge in [-0.2, -0.15) is 13.2 Å². The van der Waals surface area contributed by atoms with Crippen molar-refractivity contribution in [1.29, 1.82) is 0 Å². The Hall–Kier alpha value is -2.36. The molecule has 1 amide bonds. The van der Waals surface area contributed by atoms with Crippen molar-refractivity contribution in [2.24, 2.45) is 0 Å². The molecule has 2 N–H and O–H groups in total. The van der Waals surface area contributed by atoms with Gasteiger partial charge in [-0.1, -0.05) is 0 Å². The van der Waals surface area contributed by atoms with Gasteiger partial charge in [0, 0.05) is 36.1 Å². The number of nitrogens with zero attached hydrogens (tertiary/aromatic N) is 1. The first-order valence-corrected chi connectivity index (χ1v) is 7.90. The lowest BCUT2D eigenvalue weighted by Gasteiger charge is -2.15. The number of carbonyl (C=O) groups excluding carboxylic acids is 1. The molecule has 1 fully saturated rings. The van der Waals surface area contributed by atoms with Crippen LogP contribution in [0.5, 0.6) is 0 Å². The van der Waals surface area contributed by atoms with Crippen LogP contribution in [0.1, 0.15) is 33.3 Å². The monoisotopic (exact) mass is 359 g/mol. The van der Waals surface area contributed by atoms with Crippen LogP contribution < -0.4 is 11.2 Å². The second-order valence-electron chi connectivity index (χ2n) is 5.48. The lowest BCUT2D eigenvalue weighted by molar-refractivity contribution is -0.137. The van der Waals surface area contributed by atoms with Gasteiger partial charge in [-0.05, 0) is 12.5 Å². The number of carbonyl (C=O) groups is 1. The summed E-state index contributed by atoms with van der Waals surface area (Å²) < 4.78 is 37.8. The number of hydrogen-bond acceptors (Lipinski definition) is 4. The molecule has 0 radical (unpaired) electrons. The fourth-order valence-corrected chi connectivity index (χ4v) is 3.54. The summed E-state index contributed by atoms with van der Waals surface area (Å²) in [5, 5.41) is 0.912. The summed E-state index contributed by atoms with van der Waals surface area (Å²) in [7, 11) is 0. The molecule has 0 aromatic carbocycles. The second kappa shape index (κ2) is 5.93. The molecule has 3 rings (SSSR count). The molecule has 6 nitrogen and oxygen atoms in total. The van der Waals surface area contributed by atoms with Gasteiger partial charge in [0.2, 0.25) is 0 Å². The van der Waals surface area contributed by atoms with Crippen LogP contribution in [0.4, 0.5) is 13.2 Å². The van der Waals surface area contributed by atoms with Gasteiger partial charge < -0.3 is 9.88 Å². The van der Waals surface area contributed by atoms with E-state index < -0.39 is 28.9 Å². The molecule has 2 aromatic rings. The highest BCUT2D eigenvalue weighted by Gasteiger charge is 2.34. The molecule has 128 valence electrons. The predicted molar refractivity (Wildman–Crippen MR) is 80.3 cm³/mol. The molecule has 2 aromatic heterocycles. The van der Waals surface area contributed by atoms with E-state index in [1.54, 1.807) is 0 Å². The first-order chi connectivity index (χ1) is 11.2. The predicted octanol–water partition coefficient (Wildman–Crippen LogP) is 1.77. The van der Waals surface area contributed by atoms with E-state index in [1.165, 1.54) is 11.0 Å². The smallest absolute Gasteiger partial charge is 0.337 e. The van der Waals surface area contributed by atoms with Crippen molar-refractivity contribution >= 4 is 17.2 Å². The van der Waals surface area contributed by atoms with Crippen LogP contribution in [0.25, 0.3) is 0 Å². The Morgan fingerprint density at radius 3 is 2.62 bits per heavy atom. The maximum atomic E-state index is 12.6. The van der Waals surface area contributed by atoms with Crippen LogP contribution in [-0.2, 0) is 6.18 Å². The fourth-order valence-electron chi connectivity index (χ4n) is 2.66. The van der Waals surface area contributed by atoms with Crippen LogP contribution >= 0.6 is 11.3 Å². The molecule has 1 atom stereocenters. The molecular weight excluding hydrogens is 347 g/mol. The van der Waals surface area contributed by atoms with Gasteiger partial charge in [0.15, 0.2) is 0 Å². The largest absolute Gasteiger partial charge is 0.417 e. The van der Waals surface area contributed by atoms with Crippen molar-refractivity contribution in [3.05, 3.63) is 54.5 Å². The third-order valence-corrected chi connectivity index (χ3v) is 4.75. The zero-order valence-electron chi connectivity index (χ0n) is 12.1. The number of rotatable bonds is 2. The lowest BCUT2D eigenvalue weighted by atomic mass is 10.1. The van der Waals surface area contributed by atoms with E-state index in [0.29, 0.717) is 18.7 Å². The van der Waals surface area contributed by atoms with E-state index in [4.69, 9.17) is 0 Å². The normalized spacial score (nSPS) is 18.1. The van der Waals surface area contributed by atoms with Crippen LogP contribution in [0.2, 0.25) is 0 Å². The van der Waals surface area contributed by atoms with Gasteiger partial charge in [0.05, 0.1) is 10.4 Å². The SMILES string of the molecule is O=C(c1cc(C(F)(F)F)cs1)N1CCC(c2cc(=O)[nH]c(=O)[nH]2)C1. The molecule has 1 aliphatic rings. The molecule has 3 heterocycles. The number of alkyl halides is 3. The van der Waals surface area contributed by atoms with Crippen LogP contribution in [0.15, 0.2) is 27.1 Å². The van der Waals surface area contributed by atoms with E-state index in [0.717, 1.165) is 22.8 Å². The van der Waals surface area contributed by atoms with Crippen molar-refractivity contribution in [2.75, 3.05) is 13.1 Å². The number of nitrogens with one attached hydrogen (secondary N) is 2. The molecule has 0 spiro atoms. The summed E-state index contributed by atoms with van der Waals surface area (Å²) in [6, 6.07) is 2.10. The van der Waals surface area contributed by atoms with E-state index >= 15 is 0 Å². The van der Waals surface area contributed by atoms with Crippen molar-refractivity contribution < 1.29 is 18.0 Å². The van der Waals surface area contributed by atoms with Gasteiger partial charge in [0.25, 0.3) is 11.5 Å². The highest BCUT2D eigenvalue weighted by molar-refractivity contribution is 7.12. The maximum Gasteiger partial charge on any atom is 0.417 e. The summed E-state index contributed by atoms with van der Waals surface area (Å²) in [5.41, 5.74) is -1.59. The molecule has 0 bridgehead atoms. The summed E-state index contributed by atoms with van der Waals surface area (Å²) in [6.45, 7) is 0.578. The Morgan fingerprint density at radius 1 is 1.25 bits per heavy atom. The Labute approximate surface area is 136 Å². The van der Waals surface area contributed by atoms with Gasteiger partial charge >= 0.3 is 11.9 Å². The average molecular weight is 359 g/mol. The van der Waals surface area contributed by atoms with Crippen molar-refractivity contribution in [3.63, 3.8) is 0 Å². The summed E-state index contributed by atoms with van der Waals surface area (Å²) in [5.74, 6) is -0.712. The average Bonchev–Trinajstić information content (AvgIpc) is 3.15. The topological polar surface area (TPSA) is 86.0 Å². The van der Waals surface area contributed by atoms with Crippen molar-refractivity contribution in [2.45, 2.75) is 18.5 Å². The van der Waals surface area contributed by atoms with Crippen LogP contribution in [0, 0.1) is 0 Å². The summed E-state index contributed by atoms with van der Waals surface area (Å²) in [4.78, 5) is 41.0. The Balaban J connectivity index is 1.75. The maximum absolute atomic E-state index is 12.6. The number of aromatic nitrogens is 2. The van der Waals surface area contributed by atoms with Gasteiger partial charge in [-0.25, -0.2) is 4.79 Å². The standard InChI is InChI=1S/C14H12F3N3O3S/c15-14(16,17)8-3-10(24-6-8)12(22)20-2-1-7(5-20)9-4-11(21)19-13(23)18-9/h3-4,6-7H,1-2,5H2,(H2,18,19,21,23). The summed E-state index contributed by atoms with van der Waals surface area (Å²) >= 11 is 0.749. The number of H-pyrrole nitrogens is 2. The number of aromatic amines is 2. The number of halogens is 3. The first kappa shape index (κ1) is 16.5. The Morgan fingerprint density at radius 2 is 2.00 bits per heavy atom. The molecule has 1 unspecified atom stereocenters. The molecule has 10 heteroatoms. The molecule has 0 aliphatic carbocycles. The van der Waals surface area contributed by atoms with E-state index in [9.17, 15) is 27.6 Å². The lowest BCUT2D eigenvalue weighted by Crippen LogP contribution is -2.29. The molecule has 1 aliphatic heterocycles. The van der Waals surface area contributed by atoms with Crippen molar-refractivity contribution in [3.8, 4) is 0 Å². The molecule has 1 saturated heterocycles. The summed E-state index contributed by atoms with van der Waals surface area (Å²) in [6.07, 6.45) is -3.96. The van der Waals surface area contributed by atoms with E-state index in [-0.39, 0.29) is 17.3 Å².